The number of ether oxygens (including phenoxy) is 2. The lowest BCUT2D eigenvalue weighted by atomic mass is 9.90. The number of alkyl carbamates (subject to hydrolysis) is 1. The Kier molecular flexibility index (Phi) is 10.4. The molecule has 9 nitrogen and oxygen atoms in total. The monoisotopic (exact) mass is 627 g/mol. The molecule has 0 spiro atoms. The van der Waals surface area contributed by atoms with E-state index in [4.69, 9.17) is 14.3 Å². The van der Waals surface area contributed by atoms with Gasteiger partial charge in [0.2, 0.25) is 12.0 Å². The van der Waals surface area contributed by atoms with Crippen LogP contribution < -0.4 is 5.32 Å². The number of benzene rings is 3. The molecule has 244 valence electrons. The van der Waals surface area contributed by atoms with Gasteiger partial charge in [0, 0.05) is 12.0 Å². The van der Waals surface area contributed by atoms with Crippen molar-refractivity contribution in [3.63, 3.8) is 0 Å². The second-order valence-electron chi connectivity index (χ2n) is 12.9. The maximum absolute atomic E-state index is 13.4. The Labute approximate surface area is 271 Å². The molecule has 3 unspecified atom stereocenters. The van der Waals surface area contributed by atoms with Crippen LogP contribution in [0, 0.1) is 12.3 Å². The summed E-state index contributed by atoms with van der Waals surface area (Å²) in [5, 5.41) is 4.46. The quantitative estimate of drug-likeness (QED) is 0.212. The van der Waals surface area contributed by atoms with E-state index in [1.807, 2.05) is 95.3 Å². The molecule has 0 aromatic heterocycles. The number of rotatable bonds is 12. The van der Waals surface area contributed by atoms with Crippen molar-refractivity contribution in [3.05, 3.63) is 95.6 Å². The molecule has 2 fully saturated rings. The molecule has 2 saturated heterocycles. The fourth-order valence-electron chi connectivity index (χ4n) is 6.05. The van der Waals surface area contributed by atoms with E-state index < -0.39 is 36.0 Å². The molecule has 0 radical (unpaired) electrons. The topological polar surface area (TPSA) is 100 Å². The largest absolute Gasteiger partial charge is 0.445 e. The number of unbranched alkanes of at least 4 members (excludes halogenated alkanes) is 1. The van der Waals surface area contributed by atoms with Gasteiger partial charge in [-0.05, 0) is 48.1 Å². The third-order valence-electron chi connectivity index (χ3n) is 9.04. The van der Waals surface area contributed by atoms with Gasteiger partial charge in [0.1, 0.15) is 12.7 Å². The number of carbonyl (C=O) groups is 3. The molecular formula is C37H45N3O6. The van der Waals surface area contributed by atoms with Crippen molar-refractivity contribution in [3.8, 4) is 11.1 Å². The number of Topliss-reactive ketones (excluding diaryl/α,β-unsaturated/α-hetero) is 1. The van der Waals surface area contributed by atoms with Gasteiger partial charge in [-0.25, -0.2) is 9.59 Å². The summed E-state index contributed by atoms with van der Waals surface area (Å²) in [7, 11) is 0. The highest BCUT2D eigenvalue weighted by atomic mass is 16.8. The fraction of sp³-hybridized carbons (Fsp3) is 0.432. The molecule has 5 atom stereocenters. The van der Waals surface area contributed by atoms with Crippen LogP contribution in [0.25, 0.3) is 11.1 Å². The van der Waals surface area contributed by atoms with Crippen LogP contribution in [0.4, 0.5) is 9.59 Å². The summed E-state index contributed by atoms with van der Waals surface area (Å²) < 4.78 is 11.6. The van der Waals surface area contributed by atoms with Crippen LogP contribution in [0.15, 0.2) is 78.9 Å². The summed E-state index contributed by atoms with van der Waals surface area (Å²) in [6, 6.07) is 25.1. The van der Waals surface area contributed by atoms with Crippen molar-refractivity contribution in [2.24, 2.45) is 5.41 Å². The van der Waals surface area contributed by atoms with E-state index in [2.05, 4.69) is 23.5 Å². The Morgan fingerprint density at radius 3 is 2.39 bits per heavy atom. The number of hydrogen-bond donors (Lipinski definition) is 1. The minimum atomic E-state index is -0.745. The summed E-state index contributed by atoms with van der Waals surface area (Å²) in [6.07, 6.45) is -0.314. The van der Waals surface area contributed by atoms with E-state index in [9.17, 15) is 14.4 Å². The number of amides is 2. The van der Waals surface area contributed by atoms with Crippen LogP contribution >= 0.6 is 0 Å². The number of hydroxylamine groups is 2. The third-order valence-corrected chi connectivity index (χ3v) is 9.04. The van der Waals surface area contributed by atoms with Crippen molar-refractivity contribution in [1.82, 2.24) is 15.3 Å². The molecule has 3 aromatic rings. The summed E-state index contributed by atoms with van der Waals surface area (Å²) >= 11 is 0. The van der Waals surface area contributed by atoms with E-state index in [-0.39, 0.29) is 25.0 Å². The predicted octanol–water partition coefficient (Wildman–Crippen LogP) is 7.20. The lowest BCUT2D eigenvalue weighted by Gasteiger charge is -2.26. The first-order chi connectivity index (χ1) is 22.1. The molecule has 0 aliphatic carbocycles. The summed E-state index contributed by atoms with van der Waals surface area (Å²) in [6.45, 7) is 10.7. The van der Waals surface area contributed by atoms with Gasteiger partial charge in [0.15, 0.2) is 0 Å². The Morgan fingerprint density at radius 2 is 1.70 bits per heavy atom. The summed E-state index contributed by atoms with van der Waals surface area (Å²) in [4.78, 5) is 46.9. The van der Waals surface area contributed by atoms with Gasteiger partial charge in [0.25, 0.3) is 0 Å². The lowest BCUT2D eigenvalue weighted by Crippen LogP contribution is -2.46. The Hall–Kier alpha value is -4.21. The van der Waals surface area contributed by atoms with Crippen LogP contribution in [0.3, 0.4) is 0 Å². The second kappa shape index (κ2) is 14.5. The molecule has 1 N–H and O–H groups in total. The number of carbonyl (C=O) groups excluding carboxylic acids is 3. The Morgan fingerprint density at radius 1 is 1.00 bits per heavy atom. The van der Waals surface area contributed by atoms with Gasteiger partial charge in [-0.3, -0.25) is 9.63 Å². The van der Waals surface area contributed by atoms with Crippen LogP contribution in [0.2, 0.25) is 0 Å². The average molecular weight is 628 g/mol. The minimum absolute atomic E-state index is 0.101. The molecule has 0 saturated carbocycles. The van der Waals surface area contributed by atoms with Crippen LogP contribution in [-0.4, -0.2) is 59.4 Å². The van der Waals surface area contributed by atoms with Gasteiger partial charge in [0.05, 0.1) is 18.6 Å². The third kappa shape index (κ3) is 7.77. The fourth-order valence-corrected chi connectivity index (χ4v) is 6.05. The number of nitrogens with one attached hydrogen (secondary N) is 1. The Balaban J connectivity index is 1.15. The second-order valence-corrected chi connectivity index (χ2v) is 12.9. The van der Waals surface area contributed by atoms with Crippen LogP contribution in [-0.2, 0) is 25.7 Å². The zero-order valence-corrected chi connectivity index (χ0v) is 27.4. The molecule has 2 aliphatic heterocycles. The molecule has 46 heavy (non-hydrogen) atoms. The molecule has 0 bridgehead atoms. The summed E-state index contributed by atoms with van der Waals surface area (Å²) in [5.74, 6) is -0.198. The SMILES string of the molecule is CCCCC(NC(=O)O[C@@H]1CN(C(=O)OCc2cccc(-c3ccccc3)c2C)CC1(C)C)C(=O)C1ON1[C@H](C)c1ccccc1. The lowest BCUT2D eigenvalue weighted by molar-refractivity contribution is -0.122. The van der Waals surface area contributed by atoms with Crippen molar-refractivity contribution in [2.75, 3.05) is 13.1 Å². The number of hydrogen-bond acceptors (Lipinski definition) is 7. The minimum Gasteiger partial charge on any atom is -0.445 e. The van der Waals surface area contributed by atoms with Gasteiger partial charge in [-0.1, -0.05) is 112 Å². The molecule has 2 aliphatic rings. The predicted molar refractivity (Wildman–Crippen MR) is 175 cm³/mol. The molecule has 2 amide bonds. The zero-order valence-electron chi connectivity index (χ0n) is 27.4. The first-order valence-electron chi connectivity index (χ1n) is 16.2. The standard InChI is InChI=1S/C37H45N3O6/c1-6-7-21-31(33(41)34-40(46-34)26(3)27-15-10-8-11-16-27)38-35(42)45-32-22-39(24-37(32,4)5)36(43)44-23-29-19-14-20-30(25(29)2)28-17-12-9-13-18-28/h8-20,26,31-32,34H,6-7,21-24H2,1-5H3,(H,38,42)/t26-,31?,32-,34?,40?/m1/s1. The maximum atomic E-state index is 13.4. The van der Waals surface area contributed by atoms with Crippen LogP contribution in [0.1, 0.15) is 69.7 Å². The molecule has 3 aromatic carbocycles. The number of ketones is 1. The maximum Gasteiger partial charge on any atom is 0.410 e. The van der Waals surface area contributed by atoms with Crippen LogP contribution in [0.5, 0.6) is 0 Å². The first-order valence-corrected chi connectivity index (χ1v) is 16.2. The molecule has 9 heteroatoms. The van der Waals surface area contributed by atoms with E-state index in [0.717, 1.165) is 40.7 Å². The van der Waals surface area contributed by atoms with E-state index in [0.29, 0.717) is 13.0 Å². The average Bonchev–Trinajstić information content (AvgIpc) is 3.80. The highest BCUT2D eigenvalue weighted by Gasteiger charge is 2.49. The van der Waals surface area contributed by atoms with Crippen molar-refractivity contribution >= 4 is 18.0 Å². The zero-order chi connectivity index (χ0) is 32.8. The number of likely N-dealkylation sites (tertiary alicyclic amines) is 1. The van der Waals surface area contributed by atoms with Crippen molar-refractivity contribution in [2.45, 2.75) is 84.9 Å². The van der Waals surface area contributed by atoms with Gasteiger partial charge < -0.3 is 19.7 Å². The highest BCUT2D eigenvalue weighted by molar-refractivity contribution is 5.91. The number of nitrogens with zero attached hydrogens (tertiary/aromatic N) is 2. The molecule has 5 rings (SSSR count). The van der Waals surface area contributed by atoms with Gasteiger partial charge in [-0.15, -0.1) is 5.06 Å². The van der Waals surface area contributed by atoms with E-state index in [1.54, 1.807) is 9.96 Å². The van der Waals surface area contributed by atoms with E-state index >= 15 is 0 Å². The van der Waals surface area contributed by atoms with Crippen molar-refractivity contribution < 1.29 is 28.7 Å². The van der Waals surface area contributed by atoms with Gasteiger partial charge in [-0.2, -0.15) is 0 Å². The van der Waals surface area contributed by atoms with Crippen molar-refractivity contribution in [1.29, 1.82) is 0 Å². The smallest absolute Gasteiger partial charge is 0.410 e. The Bertz CT molecular complexity index is 1510. The molecule has 2 heterocycles. The molecular weight excluding hydrogens is 582 g/mol. The van der Waals surface area contributed by atoms with E-state index in [1.165, 1.54) is 0 Å². The highest BCUT2D eigenvalue weighted by Crippen LogP contribution is 2.36. The van der Waals surface area contributed by atoms with Gasteiger partial charge >= 0.3 is 12.2 Å². The normalized spacial score (nSPS) is 21.2. The first kappa shape index (κ1) is 33.2. The summed E-state index contributed by atoms with van der Waals surface area (Å²) in [5.41, 5.74) is 4.72.